The third-order valence-corrected chi connectivity index (χ3v) is 8.51. The quantitative estimate of drug-likeness (QED) is 0.0768. The van der Waals surface area contributed by atoms with Crippen LogP contribution in [0.4, 0.5) is 0 Å². The molecular formula is C34H26O22. The van der Waals surface area contributed by atoms with Crippen molar-refractivity contribution in [2.75, 3.05) is 6.61 Å². The highest BCUT2D eigenvalue weighted by Crippen LogP contribution is 2.53. The molecule has 1 saturated heterocycles. The number of aliphatic hydroxyl groups is 1. The van der Waals surface area contributed by atoms with E-state index in [-0.39, 0.29) is 0 Å². The van der Waals surface area contributed by atoms with Gasteiger partial charge in [0.05, 0.1) is 22.3 Å². The van der Waals surface area contributed by atoms with E-state index in [4.69, 9.17) is 23.7 Å². The Bertz CT molecular complexity index is 2290. The summed E-state index contributed by atoms with van der Waals surface area (Å²) in [6.07, 6.45) is -11.2. The average molecular weight is 787 g/mol. The lowest BCUT2D eigenvalue weighted by Gasteiger charge is -2.42. The van der Waals surface area contributed by atoms with Crippen LogP contribution in [-0.4, -0.2) is 128 Å². The van der Waals surface area contributed by atoms with E-state index in [0.29, 0.717) is 36.4 Å². The summed E-state index contributed by atoms with van der Waals surface area (Å²) in [6.45, 7) is -1.14. The molecule has 6 rings (SSSR count). The first kappa shape index (κ1) is 38.0. The number of esters is 4. The van der Waals surface area contributed by atoms with E-state index in [1.807, 2.05) is 0 Å². The fourth-order valence-electron chi connectivity index (χ4n) is 5.75. The molecule has 2 bridgehead atoms. The molecule has 0 unspecified atom stereocenters. The number of carbonyl (C=O) groups excluding carboxylic acids is 4. The SMILES string of the molecule is O=C(O[C@@H]1O[C@@H]2COC(=O)c3cc(O)c(O)c(O)c3-c3c(cc(O)c(O)c3O)C(=O)O[C@H]([C@@H]1O)[C@@H]2OC(=O)c1cc(O)c(O)c(O)c1)c1cc(O)c(O)c(O)c1. The molecule has 0 saturated carbocycles. The number of cyclic esters (lactones) is 1. The molecule has 294 valence electrons. The van der Waals surface area contributed by atoms with E-state index in [1.165, 1.54) is 0 Å². The monoisotopic (exact) mass is 786 g/mol. The summed E-state index contributed by atoms with van der Waals surface area (Å²) in [5, 5.41) is 134. The molecular weight excluding hydrogens is 760 g/mol. The van der Waals surface area contributed by atoms with E-state index in [2.05, 4.69) is 0 Å². The number of carbonyl (C=O) groups is 4. The number of phenols is 12. The molecule has 0 aromatic heterocycles. The normalized spacial score (nSPS) is 20.6. The maximum Gasteiger partial charge on any atom is 0.340 e. The zero-order chi connectivity index (χ0) is 41.1. The summed E-state index contributed by atoms with van der Waals surface area (Å²) in [5.41, 5.74) is -5.32. The Morgan fingerprint density at radius 1 is 0.554 bits per heavy atom. The van der Waals surface area contributed by atoms with Gasteiger partial charge in [-0.3, -0.25) is 0 Å². The molecule has 2 heterocycles. The Hall–Kier alpha value is -7.72. The number of aliphatic hydroxyl groups excluding tert-OH is 1. The smallest absolute Gasteiger partial charge is 0.340 e. The maximum absolute atomic E-state index is 14.0. The van der Waals surface area contributed by atoms with E-state index in [0.717, 1.165) is 0 Å². The first-order valence-corrected chi connectivity index (χ1v) is 15.5. The van der Waals surface area contributed by atoms with Crippen LogP contribution in [-0.2, 0) is 23.7 Å². The third-order valence-electron chi connectivity index (χ3n) is 8.51. The summed E-state index contributed by atoms with van der Waals surface area (Å²) in [5.74, 6) is -20.1. The van der Waals surface area contributed by atoms with Gasteiger partial charge in [0.15, 0.2) is 75.8 Å². The Balaban J connectivity index is 1.51. The molecule has 22 nitrogen and oxygen atoms in total. The number of ether oxygens (including phenoxy) is 5. The van der Waals surface area contributed by atoms with Crippen LogP contribution in [0.25, 0.3) is 11.1 Å². The average Bonchev–Trinajstić information content (AvgIpc) is 3.14. The van der Waals surface area contributed by atoms with Crippen LogP contribution in [0.3, 0.4) is 0 Å². The molecule has 2 aliphatic rings. The maximum atomic E-state index is 14.0. The molecule has 0 aliphatic carbocycles. The van der Waals surface area contributed by atoms with Crippen molar-refractivity contribution in [3.63, 3.8) is 0 Å². The predicted molar refractivity (Wildman–Crippen MR) is 174 cm³/mol. The van der Waals surface area contributed by atoms with E-state index in [9.17, 15) is 85.6 Å². The van der Waals surface area contributed by atoms with Crippen molar-refractivity contribution in [2.24, 2.45) is 0 Å². The van der Waals surface area contributed by atoms with E-state index in [1.54, 1.807) is 0 Å². The minimum atomic E-state index is -2.44. The van der Waals surface area contributed by atoms with Gasteiger partial charge in [0.25, 0.3) is 0 Å². The van der Waals surface area contributed by atoms with Crippen LogP contribution in [0.15, 0.2) is 36.4 Å². The number of fused-ring (bicyclic) bond motifs is 5. The summed E-state index contributed by atoms with van der Waals surface area (Å²) in [7, 11) is 0. The molecule has 0 amide bonds. The zero-order valence-corrected chi connectivity index (χ0v) is 27.5. The molecule has 13 N–H and O–H groups in total. The number of phenolic OH excluding ortho intramolecular Hbond substituents is 12. The van der Waals surface area contributed by atoms with Crippen molar-refractivity contribution in [1.82, 2.24) is 0 Å². The van der Waals surface area contributed by atoms with Crippen molar-refractivity contribution in [2.45, 2.75) is 30.7 Å². The highest BCUT2D eigenvalue weighted by atomic mass is 16.7. The lowest BCUT2D eigenvalue weighted by molar-refractivity contribution is -0.283. The number of hydrogen-bond acceptors (Lipinski definition) is 22. The number of rotatable bonds is 4. The minimum absolute atomic E-state index is 0.435. The molecule has 56 heavy (non-hydrogen) atoms. The van der Waals surface area contributed by atoms with Crippen molar-refractivity contribution in [1.29, 1.82) is 0 Å². The van der Waals surface area contributed by atoms with Crippen molar-refractivity contribution in [3.05, 3.63) is 58.7 Å². The summed E-state index contributed by atoms with van der Waals surface area (Å²) in [4.78, 5) is 54.1. The zero-order valence-electron chi connectivity index (χ0n) is 27.5. The molecule has 4 aromatic rings. The fourth-order valence-corrected chi connectivity index (χ4v) is 5.75. The van der Waals surface area contributed by atoms with Gasteiger partial charge in [-0.05, 0) is 36.4 Å². The Morgan fingerprint density at radius 3 is 1.43 bits per heavy atom. The highest BCUT2D eigenvalue weighted by Gasteiger charge is 2.53. The van der Waals surface area contributed by atoms with Gasteiger partial charge in [0, 0.05) is 11.1 Å². The summed E-state index contributed by atoms with van der Waals surface area (Å²) >= 11 is 0. The standard InChI is InChI=1S/C34H26O22/c35-12-1-8(2-13(36)21(12)41)30(48)54-28-18-7-52-32(50)10-5-16(39)23(43)25(45)19(10)20-11(6-17(40)24(44)26(20)46)33(51)55-29(28)27(47)34(53-18)56-31(49)9-3-14(37)22(42)15(38)4-9/h1-6,18,27-29,34-47H,7H2/t18-,27+,28-,29-,34+/m1/s1. The van der Waals surface area contributed by atoms with Gasteiger partial charge < -0.3 is 90.1 Å². The van der Waals surface area contributed by atoms with E-state index >= 15 is 0 Å². The minimum Gasteiger partial charge on any atom is -0.504 e. The number of aromatic hydroxyl groups is 12. The van der Waals surface area contributed by atoms with Gasteiger partial charge in [0.1, 0.15) is 12.7 Å². The molecule has 2 aliphatic heterocycles. The topological polar surface area (TPSA) is 377 Å². The van der Waals surface area contributed by atoms with Crippen molar-refractivity contribution < 1.29 is 109 Å². The third kappa shape index (κ3) is 6.45. The van der Waals surface area contributed by atoms with Gasteiger partial charge in [-0.15, -0.1) is 0 Å². The fraction of sp³-hybridized carbons (Fsp3) is 0.176. The molecule has 5 atom stereocenters. The second-order valence-electron chi connectivity index (χ2n) is 12.0. The Kier molecular flexibility index (Phi) is 9.45. The van der Waals surface area contributed by atoms with Gasteiger partial charge in [-0.25, -0.2) is 19.2 Å². The predicted octanol–water partition coefficient (Wildman–Crippen LogP) is 0.685. The Morgan fingerprint density at radius 2 is 0.964 bits per heavy atom. The molecule has 4 aromatic carbocycles. The lowest BCUT2D eigenvalue weighted by Crippen LogP contribution is -2.62. The van der Waals surface area contributed by atoms with Crippen LogP contribution in [0, 0.1) is 0 Å². The summed E-state index contributed by atoms with van der Waals surface area (Å²) < 4.78 is 27.0. The number of benzene rings is 4. The van der Waals surface area contributed by atoms with Crippen LogP contribution >= 0.6 is 0 Å². The van der Waals surface area contributed by atoms with Crippen LogP contribution in [0.1, 0.15) is 41.4 Å². The highest BCUT2D eigenvalue weighted by molar-refractivity contribution is 6.08. The van der Waals surface area contributed by atoms with Crippen molar-refractivity contribution >= 4 is 23.9 Å². The lowest BCUT2D eigenvalue weighted by atomic mass is 9.91. The first-order chi connectivity index (χ1) is 26.3. The first-order valence-electron chi connectivity index (χ1n) is 15.5. The molecule has 0 radical (unpaired) electrons. The van der Waals surface area contributed by atoms with Crippen molar-refractivity contribution in [3.8, 4) is 80.1 Å². The Labute approximate surface area is 309 Å². The second kappa shape index (κ2) is 13.9. The van der Waals surface area contributed by atoms with Gasteiger partial charge in [-0.1, -0.05) is 0 Å². The van der Waals surface area contributed by atoms with Crippen LogP contribution < -0.4 is 0 Å². The van der Waals surface area contributed by atoms with Gasteiger partial charge >= 0.3 is 23.9 Å². The van der Waals surface area contributed by atoms with Crippen LogP contribution in [0.2, 0.25) is 0 Å². The molecule has 0 spiro atoms. The second-order valence-corrected chi connectivity index (χ2v) is 12.0. The largest absolute Gasteiger partial charge is 0.504 e. The number of hydrogen-bond donors (Lipinski definition) is 13. The molecule has 1 fully saturated rings. The van der Waals surface area contributed by atoms with Crippen LogP contribution in [0.5, 0.6) is 69.0 Å². The summed E-state index contributed by atoms with van der Waals surface area (Å²) in [6, 6.07) is 3.45. The van der Waals surface area contributed by atoms with Gasteiger partial charge in [0.2, 0.25) is 17.8 Å². The molecule has 22 heteroatoms. The van der Waals surface area contributed by atoms with E-state index < -0.39 is 164 Å². The van der Waals surface area contributed by atoms with Gasteiger partial charge in [-0.2, -0.15) is 0 Å².